The third-order valence-electron chi connectivity index (χ3n) is 3.17. The van der Waals surface area contributed by atoms with Gasteiger partial charge < -0.3 is 15.8 Å². The van der Waals surface area contributed by atoms with Gasteiger partial charge in [-0.05, 0) is 17.5 Å². The minimum Gasteiger partial charge on any atom is -0.492 e. The molecule has 0 bridgehead atoms. The number of halogens is 1. The van der Waals surface area contributed by atoms with Crippen LogP contribution in [0.4, 0.5) is 5.69 Å². The van der Waals surface area contributed by atoms with Gasteiger partial charge in [0.1, 0.15) is 11.8 Å². The second-order valence-corrected chi connectivity index (χ2v) is 5.95. The van der Waals surface area contributed by atoms with Crippen LogP contribution in [0.2, 0.25) is 5.02 Å². The van der Waals surface area contributed by atoms with E-state index in [1.807, 2.05) is 11.4 Å². The third-order valence-corrected chi connectivity index (χ3v) is 4.40. The molecule has 1 unspecified atom stereocenters. The fraction of sp³-hybridized carbons (Fsp3) is 0.214. The third kappa shape index (κ3) is 2.52. The van der Waals surface area contributed by atoms with E-state index in [0.717, 1.165) is 6.42 Å². The Balaban J connectivity index is 1.71. The van der Waals surface area contributed by atoms with Gasteiger partial charge in [-0.25, -0.2) is 0 Å². The Morgan fingerprint density at radius 2 is 2.30 bits per heavy atom. The molecular weight excluding hydrogens is 296 g/mol. The number of ether oxygens (including phenoxy) is 1. The molecule has 2 aromatic rings. The van der Waals surface area contributed by atoms with Gasteiger partial charge in [0.25, 0.3) is 0 Å². The Morgan fingerprint density at radius 1 is 1.45 bits per heavy atom. The van der Waals surface area contributed by atoms with Crippen LogP contribution in [0.15, 0.2) is 29.6 Å². The zero-order valence-corrected chi connectivity index (χ0v) is 12.1. The van der Waals surface area contributed by atoms with Gasteiger partial charge in [0.05, 0.1) is 11.6 Å². The Kier molecular flexibility index (Phi) is 3.65. The fourth-order valence-corrected chi connectivity index (χ4v) is 3.03. The van der Waals surface area contributed by atoms with Crippen LogP contribution >= 0.6 is 22.9 Å². The second-order valence-electron chi connectivity index (χ2n) is 4.51. The van der Waals surface area contributed by atoms with Gasteiger partial charge in [-0.2, -0.15) is 0 Å². The molecule has 1 atom stereocenters. The maximum absolute atomic E-state index is 11.5. The molecule has 0 saturated carbocycles. The number of anilines is 1. The molecule has 2 heterocycles. The molecule has 1 aliphatic heterocycles. The van der Waals surface area contributed by atoms with E-state index in [9.17, 15) is 4.79 Å². The first-order valence-corrected chi connectivity index (χ1v) is 7.46. The number of carbonyl (C=O) groups excluding carboxylic acids is 1. The SMILES string of the molecule is NC1C(=O)Nc2cc(OCCc3cccs3)c(Cl)cc21. The summed E-state index contributed by atoms with van der Waals surface area (Å²) in [7, 11) is 0. The molecule has 3 rings (SSSR count). The number of benzene rings is 1. The van der Waals surface area contributed by atoms with E-state index >= 15 is 0 Å². The Morgan fingerprint density at radius 3 is 3.05 bits per heavy atom. The van der Waals surface area contributed by atoms with E-state index in [2.05, 4.69) is 11.4 Å². The van der Waals surface area contributed by atoms with Gasteiger partial charge in [-0.15, -0.1) is 11.3 Å². The number of hydrogen-bond acceptors (Lipinski definition) is 4. The molecule has 1 amide bonds. The highest BCUT2D eigenvalue weighted by atomic mass is 35.5. The van der Waals surface area contributed by atoms with E-state index in [-0.39, 0.29) is 5.91 Å². The van der Waals surface area contributed by atoms with Crippen molar-refractivity contribution in [1.29, 1.82) is 0 Å². The predicted molar refractivity (Wildman–Crippen MR) is 80.5 cm³/mol. The number of hydrogen-bond donors (Lipinski definition) is 2. The molecule has 3 N–H and O–H groups in total. The van der Waals surface area contributed by atoms with Crippen LogP contribution in [0.25, 0.3) is 0 Å². The highest BCUT2D eigenvalue weighted by Crippen LogP contribution is 2.37. The lowest BCUT2D eigenvalue weighted by atomic mass is 10.1. The van der Waals surface area contributed by atoms with Crippen molar-refractivity contribution in [3.63, 3.8) is 0 Å². The number of amides is 1. The lowest BCUT2D eigenvalue weighted by Crippen LogP contribution is -2.19. The van der Waals surface area contributed by atoms with Crippen molar-refractivity contribution in [2.24, 2.45) is 5.73 Å². The lowest BCUT2D eigenvalue weighted by Gasteiger charge is -2.10. The van der Waals surface area contributed by atoms with E-state index in [1.54, 1.807) is 23.5 Å². The quantitative estimate of drug-likeness (QED) is 0.912. The van der Waals surface area contributed by atoms with Crippen molar-refractivity contribution in [3.8, 4) is 5.75 Å². The van der Waals surface area contributed by atoms with Gasteiger partial charge >= 0.3 is 0 Å². The second kappa shape index (κ2) is 5.44. The monoisotopic (exact) mass is 308 g/mol. The Hall–Kier alpha value is -1.56. The standard InChI is InChI=1S/C14H13ClN2O2S/c15-10-6-9-11(17-14(18)13(9)16)7-12(10)19-4-3-8-2-1-5-20-8/h1-2,5-7,13H,3-4,16H2,(H,17,18). The summed E-state index contributed by atoms with van der Waals surface area (Å²) < 4.78 is 5.69. The van der Waals surface area contributed by atoms with Crippen LogP contribution in [0.3, 0.4) is 0 Å². The van der Waals surface area contributed by atoms with E-state index in [1.165, 1.54) is 4.88 Å². The van der Waals surface area contributed by atoms with Crippen molar-refractivity contribution >= 4 is 34.5 Å². The number of carbonyl (C=O) groups is 1. The first-order valence-electron chi connectivity index (χ1n) is 6.20. The maximum atomic E-state index is 11.5. The van der Waals surface area contributed by atoms with Crippen molar-refractivity contribution in [3.05, 3.63) is 45.1 Å². The first kappa shape index (κ1) is 13.4. The topological polar surface area (TPSA) is 64.4 Å². The van der Waals surface area contributed by atoms with Gasteiger partial charge in [0.2, 0.25) is 5.91 Å². The van der Waals surface area contributed by atoms with Crippen molar-refractivity contribution in [2.75, 3.05) is 11.9 Å². The summed E-state index contributed by atoms with van der Waals surface area (Å²) >= 11 is 7.86. The van der Waals surface area contributed by atoms with Gasteiger partial charge in [0.15, 0.2) is 0 Å². The molecule has 1 aromatic carbocycles. The molecule has 1 aliphatic rings. The number of rotatable bonds is 4. The number of nitrogens with one attached hydrogen (secondary N) is 1. The molecule has 0 spiro atoms. The summed E-state index contributed by atoms with van der Waals surface area (Å²) in [6.45, 7) is 0.541. The largest absolute Gasteiger partial charge is 0.492 e. The zero-order valence-electron chi connectivity index (χ0n) is 10.6. The molecule has 4 nitrogen and oxygen atoms in total. The summed E-state index contributed by atoms with van der Waals surface area (Å²) in [5.41, 5.74) is 7.16. The van der Waals surface area contributed by atoms with Crippen molar-refractivity contribution in [1.82, 2.24) is 0 Å². The number of fused-ring (bicyclic) bond motifs is 1. The van der Waals surface area contributed by atoms with Crippen LogP contribution in [-0.4, -0.2) is 12.5 Å². The van der Waals surface area contributed by atoms with Gasteiger partial charge in [0, 0.05) is 28.6 Å². The molecule has 0 radical (unpaired) electrons. The molecule has 6 heteroatoms. The normalized spacial score (nSPS) is 16.9. The Labute approximate surface area is 125 Å². The fourth-order valence-electron chi connectivity index (χ4n) is 2.11. The van der Waals surface area contributed by atoms with Crippen LogP contribution < -0.4 is 15.8 Å². The van der Waals surface area contributed by atoms with Gasteiger partial charge in [-0.3, -0.25) is 4.79 Å². The maximum Gasteiger partial charge on any atom is 0.245 e. The zero-order chi connectivity index (χ0) is 14.1. The molecule has 104 valence electrons. The van der Waals surface area contributed by atoms with Crippen LogP contribution in [0.5, 0.6) is 5.75 Å². The molecule has 0 aliphatic carbocycles. The van der Waals surface area contributed by atoms with Crippen molar-refractivity contribution < 1.29 is 9.53 Å². The number of thiophene rings is 1. The van der Waals surface area contributed by atoms with E-state index < -0.39 is 6.04 Å². The minimum absolute atomic E-state index is 0.216. The summed E-state index contributed by atoms with van der Waals surface area (Å²) in [5.74, 6) is 0.350. The lowest BCUT2D eigenvalue weighted by molar-refractivity contribution is -0.116. The number of nitrogens with two attached hydrogens (primary N) is 1. The summed E-state index contributed by atoms with van der Waals surface area (Å²) in [5, 5.41) is 5.23. The van der Waals surface area contributed by atoms with E-state index in [4.69, 9.17) is 22.1 Å². The summed E-state index contributed by atoms with van der Waals surface area (Å²) in [6, 6.07) is 6.86. The highest BCUT2D eigenvalue weighted by Gasteiger charge is 2.28. The average Bonchev–Trinajstić information content (AvgIpc) is 3.02. The van der Waals surface area contributed by atoms with E-state index in [0.29, 0.717) is 28.6 Å². The minimum atomic E-state index is -0.650. The molecule has 0 saturated heterocycles. The summed E-state index contributed by atoms with van der Waals surface area (Å²) in [6.07, 6.45) is 0.830. The van der Waals surface area contributed by atoms with Crippen molar-refractivity contribution in [2.45, 2.75) is 12.5 Å². The van der Waals surface area contributed by atoms with Crippen LogP contribution in [-0.2, 0) is 11.2 Å². The van der Waals surface area contributed by atoms with Crippen LogP contribution in [0.1, 0.15) is 16.5 Å². The first-order chi connectivity index (χ1) is 9.65. The molecular formula is C14H13ClN2O2S. The smallest absolute Gasteiger partial charge is 0.245 e. The molecule has 0 fully saturated rings. The van der Waals surface area contributed by atoms with Crippen LogP contribution in [0, 0.1) is 0 Å². The highest BCUT2D eigenvalue weighted by molar-refractivity contribution is 7.09. The van der Waals surface area contributed by atoms with Gasteiger partial charge in [-0.1, -0.05) is 17.7 Å². The molecule has 1 aromatic heterocycles. The molecule has 20 heavy (non-hydrogen) atoms. The Bertz CT molecular complexity index is 643. The average molecular weight is 309 g/mol. The summed E-state index contributed by atoms with van der Waals surface area (Å²) in [4.78, 5) is 12.8. The predicted octanol–water partition coefficient (Wildman–Crippen LogP) is 2.97.